The molecule has 4 rings (SSSR count). The normalized spacial score (nSPS) is 20.9. The molecule has 2 atom stereocenters. The Bertz CT molecular complexity index is 969. The number of anilines is 2. The molecular weight excluding hydrogens is 412 g/mol. The molecule has 31 heavy (non-hydrogen) atoms. The van der Waals surface area contributed by atoms with Gasteiger partial charge in [0.25, 0.3) is 5.91 Å². The van der Waals surface area contributed by atoms with Crippen LogP contribution in [0.15, 0.2) is 30.3 Å². The SMILES string of the molecule is O=C(Nc1ccccc1)c1c(NC(=O)[C@@H]2CCCC[C@@H]2C(=O)O)sc2c1CCCCC2. The first kappa shape index (κ1) is 21.6. The number of thiophene rings is 1. The molecule has 3 N–H and O–H groups in total. The van der Waals surface area contributed by atoms with Crippen molar-refractivity contribution in [1.29, 1.82) is 0 Å². The van der Waals surface area contributed by atoms with Gasteiger partial charge in [-0.15, -0.1) is 11.3 Å². The number of hydrogen-bond donors (Lipinski definition) is 3. The van der Waals surface area contributed by atoms with Crippen molar-refractivity contribution in [3.05, 3.63) is 46.3 Å². The average molecular weight is 441 g/mol. The van der Waals surface area contributed by atoms with Gasteiger partial charge < -0.3 is 15.7 Å². The van der Waals surface area contributed by atoms with Crippen LogP contribution in [0.25, 0.3) is 0 Å². The summed E-state index contributed by atoms with van der Waals surface area (Å²) in [5.41, 5.74) is 2.28. The summed E-state index contributed by atoms with van der Waals surface area (Å²) in [7, 11) is 0. The number of aliphatic carboxylic acids is 1. The molecule has 0 unspecified atom stereocenters. The highest BCUT2D eigenvalue weighted by Gasteiger charge is 2.37. The third kappa shape index (κ3) is 4.82. The van der Waals surface area contributed by atoms with E-state index < -0.39 is 17.8 Å². The lowest BCUT2D eigenvalue weighted by atomic mass is 9.78. The number of carboxylic acids is 1. The first-order chi connectivity index (χ1) is 15.0. The fraction of sp³-hybridized carbons (Fsp3) is 0.458. The standard InChI is InChI=1S/C24H28N2O4S/c27-21(16-11-7-8-12-17(16)24(29)30)26-23-20(18-13-5-2-6-14-19(18)31-23)22(28)25-15-9-3-1-4-10-15/h1,3-4,9-10,16-17H,2,5-8,11-14H2,(H,25,28)(H,26,27)(H,29,30)/t16-,17+/m1/s1. The summed E-state index contributed by atoms with van der Waals surface area (Å²) in [4.78, 5) is 39.2. The number of benzene rings is 1. The minimum atomic E-state index is -0.913. The van der Waals surface area contributed by atoms with E-state index in [-0.39, 0.29) is 11.8 Å². The second-order valence-corrected chi connectivity index (χ2v) is 9.52. The summed E-state index contributed by atoms with van der Waals surface area (Å²) in [6.45, 7) is 0. The van der Waals surface area contributed by atoms with Crippen molar-refractivity contribution < 1.29 is 19.5 Å². The third-order valence-corrected chi connectivity index (χ3v) is 7.54. The monoisotopic (exact) mass is 440 g/mol. The van der Waals surface area contributed by atoms with Crippen molar-refractivity contribution in [3.8, 4) is 0 Å². The summed E-state index contributed by atoms with van der Waals surface area (Å²) in [5, 5.41) is 16.0. The van der Waals surface area contributed by atoms with Crippen molar-refractivity contribution in [3.63, 3.8) is 0 Å². The van der Waals surface area contributed by atoms with Gasteiger partial charge in [-0.3, -0.25) is 14.4 Å². The second-order valence-electron chi connectivity index (χ2n) is 8.41. The first-order valence-corrected chi connectivity index (χ1v) is 11.9. The molecule has 0 saturated heterocycles. The lowest BCUT2D eigenvalue weighted by Crippen LogP contribution is -2.36. The number of aryl methyl sites for hydroxylation is 1. The van der Waals surface area contributed by atoms with Crippen LogP contribution in [-0.4, -0.2) is 22.9 Å². The van der Waals surface area contributed by atoms with Crippen molar-refractivity contribution in [2.45, 2.75) is 57.8 Å². The number of carbonyl (C=O) groups is 3. The molecule has 1 aromatic carbocycles. The molecule has 164 valence electrons. The van der Waals surface area contributed by atoms with E-state index in [1.165, 1.54) is 11.3 Å². The number of amides is 2. The van der Waals surface area contributed by atoms with Crippen molar-refractivity contribution in [1.82, 2.24) is 0 Å². The van der Waals surface area contributed by atoms with Gasteiger partial charge >= 0.3 is 5.97 Å². The smallest absolute Gasteiger partial charge is 0.307 e. The second kappa shape index (κ2) is 9.64. The van der Waals surface area contributed by atoms with E-state index in [4.69, 9.17) is 0 Å². The zero-order valence-corrected chi connectivity index (χ0v) is 18.3. The molecule has 1 fully saturated rings. The molecule has 0 spiro atoms. The van der Waals surface area contributed by atoms with Gasteiger partial charge in [-0.2, -0.15) is 0 Å². The summed E-state index contributed by atoms with van der Waals surface area (Å²) < 4.78 is 0. The Morgan fingerprint density at radius 2 is 1.58 bits per heavy atom. The molecule has 2 aliphatic rings. The average Bonchev–Trinajstić information content (AvgIpc) is 2.94. The Morgan fingerprint density at radius 3 is 2.32 bits per heavy atom. The number of carbonyl (C=O) groups excluding carboxylic acids is 2. The van der Waals surface area contributed by atoms with Crippen LogP contribution in [-0.2, 0) is 22.4 Å². The highest BCUT2D eigenvalue weighted by molar-refractivity contribution is 7.17. The van der Waals surface area contributed by atoms with Crippen LogP contribution in [0.4, 0.5) is 10.7 Å². The Hall–Kier alpha value is -2.67. The fourth-order valence-electron chi connectivity index (χ4n) is 4.73. The predicted molar refractivity (Wildman–Crippen MR) is 122 cm³/mol. The molecule has 0 radical (unpaired) electrons. The third-order valence-electron chi connectivity index (χ3n) is 6.34. The number of rotatable bonds is 5. The molecule has 0 bridgehead atoms. The van der Waals surface area contributed by atoms with E-state index in [9.17, 15) is 19.5 Å². The van der Waals surface area contributed by atoms with Crippen LogP contribution in [0.3, 0.4) is 0 Å². The molecule has 2 amide bonds. The van der Waals surface area contributed by atoms with Crippen molar-refractivity contribution in [2.75, 3.05) is 10.6 Å². The van der Waals surface area contributed by atoms with Gasteiger partial charge in [0, 0.05) is 10.6 Å². The van der Waals surface area contributed by atoms with Crippen LogP contribution in [0.1, 0.15) is 65.7 Å². The Balaban J connectivity index is 1.63. The maximum atomic E-state index is 13.3. The Morgan fingerprint density at radius 1 is 0.871 bits per heavy atom. The molecule has 0 aliphatic heterocycles. The number of fused-ring (bicyclic) bond motifs is 1. The van der Waals surface area contributed by atoms with Gasteiger partial charge in [0.05, 0.1) is 17.4 Å². The van der Waals surface area contributed by atoms with Crippen LogP contribution >= 0.6 is 11.3 Å². The van der Waals surface area contributed by atoms with Crippen LogP contribution in [0.2, 0.25) is 0 Å². The fourth-order valence-corrected chi connectivity index (χ4v) is 6.02. The van der Waals surface area contributed by atoms with Crippen molar-refractivity contribution >= 4 is 39.8 Å². The molecule has 7 heteroatoms. The van der Waals surface area contributed by atoms with E-state index in [1.54, 1.807) is 0 Å². The number of carboxylic acid groups (broad SMARTS) is 1. The zero-order chi connectivity index (χ0) is 21.8. The van der Waals surface area contributed by atoms with Crippen LogP contribution in [0, 0.1) is 11.8 Å². The summed E-state index contributed by atoms with van der Waals surface area (Å²) in [6, 6.07) is 9.28. The lowest BCUT2D eigenvalue weighted by Gasteiger charge is -2.27. The first-order valence-electron chi connectivity index (χ1n) is 11.1. The zero-order valence-electron chi connectivity index (χ0n) is 17.5. The van der Waals surface area contributed by atoms with E-state index in [2.05, 4.69) is 10.6 Å². The van der Waals surface area contributed by atoms with E-state index in [0.29, 0.717) is 29.1 Å². The van der Waals surface area contributed by atoms with Gasteiger partial charge in [-0.1, -0.05) is 37.5 Å². The number of hydrogen-bond acceptors (Lipinski definition) is 4. The van der Waals surface area contributed by atoms with Gasteiger partial charge in [0.15, 0.2) is 0 Å². The molecule has 6 nitrogen and oxygen atoms in total. The maximum absolute atomic E-state index is 13.3. The summed E-state index contributed by atoms with van der Waals surface area (Å²) in [5.74, 6) is -2.63. The summed E-state index contributed by atoms with van der Waals surface area (Å²) >= 11 is 1.48. The molecular formula is C24H28N2O4S. The quantitative estimate of drug-likeness (QED) is 0.564. The number of nitrogens with one attached hydrogen (secondary N) is 2. The minimum Gasteiger partial charge on any atom is -0.481 e. The predicted octanol–water partition coefficient (Wildman–Crippen LogP) is 5.10. The Kier molecular flexibility index (Phi) is 6.70. The van der Waals surface area contributed by atoms with Crippen LogP contribution in [0.5, 0.6) is 0 Å². The van der Waals surface area contributed by atoms with Gasteiger partial charge in [0.1, 0.15) is 5.00 Å². The van der Waals surface area contributed by atoms with Crippen LogP contribution < -0.4 is 10.6 Å². The Labute approximate surface area is 186 Å². The maximum Gasteiger partial charge on any atom is 0.307 e. The largest absolute Gasteiger partial charge is 0.481 e. The number of para-hydroxylation sites is 1. The van der Waals surface area contributed by atoms with Crippen molar-refractivity contribution in [2.24, 2.45) is 11.8 Å². The topological polar surface area (TPSA) is 95.5 Å². The van der Waals surface area contributed by atoms with E-state index >= 15 is 0 Å². The highest BCUT2D eigenvalue weighted by Crippen LogP contribution is 2.39. The molecule has 1 aromatic heterocycles. The van der Waals surface area contributed by atoms with Gasteiger partial charge in [-0.05, 0) is 56.2 Å². The van der Waals surface area contributed by atoms with E-state index in [0.717, 1.165) is 55.4 Å². The van der Waals surface area contributed by atoms with Gasteiger partial charge in [-0.25, -0.2) is 0 Å². The molecule has 1 heterocycles. The summed E-state index contributed by atoms with van der Waals surface area (Å²) in [6.07, 6.45) is 7.73. The molecule has 2 aliphatic carbocycles. The molecule has 1 saturated carbocycles. The van der Waals surface area contributed by atoms with Gasteiger partial charge in [0.2, 0.25) is 5.91 Å². The van der Waals surface area contributed by atoms with E-state index in [1.807, 2.05) is 30.3 Å². The lowest BCUT2D eigenvalue weighted by molar-refractivity contribution is -0.147. The minimum absolute atomic E-state index is 0.223. The highest BCUT2D eigenvalue weighted by atomic mass is 32.1. The molecule has 2 aromatic rings.